The van der Waals surface area contributed by atoms with Gasteiger partial charge >= 0.3 is 0 Å². The van der Waals surface area contributed by atoms with Crippen molar-refractivity contribution in [2.75, 3.05) is 13.7 Å². The van der Waals surface area contributed by atoms with Crippen LogP contribution < -0.4 is 16.0 Å². The molecule has 3 N–H and O–H groups in total. The van der Waals surface area contributed by atoms with Crippen LogP contribution in [0, 0.1) is 5.92 Å². The number of rotatable bonds is 8. The van der Waals surface area contributed by atoms with Crippen LogP contribution in [0.4, 0.5) is 0 Å². The Hall–Kier alpha value is -1.10. The summed E-state index contributed by atoms with van der Waals surface area (Å²) in [6, 6.07) is 8.07. The van der Waals surface area contributed by atoms with Crippen molar-refractivity contribution in [3.63, 3.8) is 0 Å². The first-order valence-corrected chi connectivity index (χ1v) is 6.83. The minimum Gasteiger partial charge on any atom is -0.496 e. The van der Waals surface area contributed by atoms with E-state index in [1.54, 1.807) is 7.11 Å². The Morgan fingerprint density at radius 3 is 2.47 bits per heavy atom. The maximum atomic E-state index is 5.82. The Morgan fingerprint density at radius 1 is 1.26 bits per heavy atom. The third-order valence-corrected chi connectivity index (χ3v) is 3.26. The van der Waals surface area contributed by atoms with Crippen LogP contribution in [-0.2, 0) is 11.2 Å². The third-order valence-electron chi connectivity index (χ3n) is 3.26. The topological polar surface area (TPSA) is 56.5 Å². The largest absolute Gasteiger partial charge is 0.496 e. The van der Waals surface area contributed by atoms with Crippen LogP contribution in [-0.4, -0.2) is 25.9 Å². The summed E-state index contributed by atoms with van der Waals surface area (Å²) in [6.45, 7) is 6.98. The van der Waals surface area contributed by atoms with Gasteiger partial charge in [-0.1, -0.05) is 32.0 Å². The van der Waals surface area contributed by atoms with Gasteiger partial charge in [-0.05, 0) is 30.9 Å². The van der Waals surface area contributed by atoms with Gasteiger partial charge < -0.3 is 9.47 Å². The van der Waals surface area contributed by atoms with Crippen LogP contribution in [0.25, 0.3) is 0 Å². The summed E-state index contributed by atoms with van der Waals surface area (Å²) in [6.07, 6.45) is 0.864. The highest BCUT2D eigenvalue weighted by molar-refractivity contribution is 5.34. The van der Waals surface area contributed by atoms with Gasteiger partial charge in [-0.15, -0.1) is 0 Å². The van der Waals surface area contributed by atoms with Gasteiger partial charge in [0.25, 0.3) is 0 Å². The van der Waals surface area contributed by atoms with E-state index in [9.17, 15) is 0 Å². The van der Waals surface area contributed by atoms with E-state index in [0.717, 1.165) is 17.7 Å². The molecule has 2 atom stereocenters. The predicted molar refractivity (Wildman–Crippen MR) is 78.1 cm³/mol. The molecule has 0 aliphatic carbocycles. The summed E-state index contributed by atoms with van der Waals surface area (Å²) in [4.78, 5) is 0. The maximum Gasteiger partial charge on any atom is 0.122 e. The predicted octanol–water partition coefficient (Wildman–Crippen LogP) is 2.13. The lowest BCUT2D eigenvalue weighted by atomic mass is 9.94. The van der Waals surface area contributed by atoms with Crippen molar-refractivity contribution in [2.45, 2.75) is 39.3 Å². The average Bonchev–Trinajstić information content (AvgIpc) is 2.42. The smallest absolute Gasteiger partial charge is 0.122 e. The minimum absolute atomic E-state index is 0.0660. The maximum absolute atomic E-state index is 5.82. The molecule has 0 bridgehead atoms. The standard InChI is InChI=1S/C15H26N2O2/c1-5-19-15(11(2)3)13(17-16)10-12-8-6-7-9-14(12)18-4/h6-9,11,13,15,17H,5,10,16H2,1-4H3. The van der Waals surface area contributed by atoms with Crippen molar-refractivity contribution in [2.24, 2.45) is 11.8 Å². The Labute approximate surface area is 116 Å². The summed E-state index contributed by atoms with van der Waals surface area (Å²) in [5.41, 5.74) is 4.02. The fourth-order valence-electron chi connectivity index (χ4n) is 2.34. The summed E-state index contributed by atoms with van der Waals surface area (Å²) < 4.78 is 11.2. The summed E-state index contributed by atoms with van der Waals surface area (Å²) >= 11 is 0. The first-order valence-electron chi connectivity index (χ1n) is 6.83. The van der Waals surface area contributed by atoms with Gasteiger partial charge in [0.2, 0.25) is 0 Å². The van der Waals surface area contributed by atoms with Gasteiger partial charge in [-0.3, -0.25) is 11.3 Å². The molecule has 0 saturated heterocycles. The van der Waals surface area contributed by atoms with Crippen molar-refractivity contribution in [1.82, 2.24) is 5.43 Å². The molecule has 0 heterocycles. The van der Waals surface area contributed by atoms with Crippen LogP contribution >= 0.6 is 0 Å². The summed E-state index contributed by atoms with van der Waals surface area (Å²) in [7, 11) is 1.69. The van der Waals surface area contributed by atoms with E-state index in [1.807, 2.05) is 25.1 Å². The molecular weight excluding hydrogens is 240 g/mol. The first kappa shape index (κ1) is 16.0. The van der Waals surface area contributed by atoms with Gasteiger partial charge in [0, 0.05) is 6.61 Å². The van der Waals surface area contributed by atoms with Gasteiger partial charge in [-0.2, -0.15) is 0 Å². The zero-order valence-electron chi connectivity index (χ0n) is 12.3. The summed E-state index contributed by atoms with van der Waals surface area (Å²) in [5.74, 6) is 7.00. The van der Waals surface area contributed by atoms with Crippen molar-refractivity contribution in [3.8, 4) is 5.75 Å². The quantitative estimate of drug-likeness (QED) is 0.559. The zero-order chi connectivity index (χ0) is 14.3. The Bertz CT molecular complexity index is 369. The average molecular weight is 266 g/mol. The molecule has 2 unspecified atom stereocenters. The monoisotopic (exact) mass is 266 g/mol. The lowest BCUT2D eigenvalue weighted by molar-refractivity contribution is 0.00345. The fourth-order valence-corrected chi connectivity index (χ4v) is 2.34. The molecule has 1 rings (SSSR count). The molecule has 0 aliphatic rings. The number of para-hydroxylation sites is 1. The molecule has 0 fully saturated rings. The second kappa shape index (κ2) is 8.15. The first-order chi connectivity index (χ1) is 9.13. The summed E-state index contributed by atoms with van der Waals surface area (Å²) in [5, 5.41) is 0. The molecule has 0 spiro atoms. The van der Waals surface area contributed by atoms with Crippen molar-refractivity contribution >= 4 is 0 Å². The van der Waals surface area contributed by atoms with Crippen LogP contribution in [0.15, 0.2) is 24.3 Å². The number of methoxy groups -OCH3 is 1. The van der Waals surface area contributed by atoms with Gasteiger partial charge in [-0.25, -0.2) is 0 Å². The molecule has 0 radical (unpaired) electrons. The highest BCUT2D eigenvalue weighted by Crippen LogP contribution is 2.22. The van der Waals surface area contributed by atoms with Crippen LogP contribution in [0.2, 0.25) is 0 Å². The number of hydrazine groups is 1. The molecule has 108 valence electrons. The van der Waals surface area contributed by atoms with Gasteiger partial charge in [0.15, 0.2) is 0 Å². The van der Waals surface area contributed by atoms with E-state index in [2.05, 4.69) is 25.3 Å². The number of ether oxygens (including phenoxy) is 2. The van der Waals surface area contributed by atoms with E-state index in [0.29, 0.717) is 12.5 Å². The van der Waals surface area contributed by atoms with Crippen molar-refractivity contribution in [1.29, 1.82) is 0 Å². The lowest BCUT2D eigenvalue weighted by Crippen LogP contribution is -2.49. The molecule has 1 aromatic rings. The van der Waals surface area contributed by atoms with Crippen LogP contribution in [0.5, 0.6) is 5.75 Å². The number of nitrogens with two attached hydrogens (primary N) is 1. The zero-order valence-corrected chi connectivity index (χ0v) is 12.3. The highest BCUT2D eigenvalue weighted by atomic mass is 16.5. The third kappa shape index (κ3) is 4.49. The Balaban J connectivity index is 2.85. The second-order valence-corrected chi connectivity index (χ2v) is 4.95. The molecule has 0 saturated carbocycles. The van der Waals surface area contributed by atoms with Gasteiger partial charge in [0.1, 0.15) is 5.75 Å². The molecule has 0 aliphatic heterocycles. The minimum atomic E-state index is 0.0660. The molecule has 19 heavy (non-hydrogen) atoms. The number of hydrogen-bond acceptors (Lipinski definition) is 4. The van der Waals surface area contributed by atoms with Crippen molar-refractivity contribution in [3.05, 3.63) is 29.8 Å². The van der Waals surface area contributed by atoms with E-state index >= 15 is 0 Å². The second-order valence-electron chi connectivity index (χ2n) is 4.95. The van der Waals surface area contributed by atoms with E-state index in [1.165, 1.54) is 0 Å². The van der Waals surface area contributed by atoms with E-state index in [4.69, 9.17) is 15.3 Å². The van der Waals surface area contributed by atoms with E-state index < -0.39 is 0 Å². The highest BCUT2D eigenvalue weighted by Gasteiger charge is 2.25. The SMILES string of the molecule is CCOC(C(C)C)C(Cc1ccccc1OC)NN. The molecule has 0 aromatic heterocycles. The molecule has 1 aromatic carbocycles. The number of hydrogen-bond donors (Lipinski definition) is 2. The van der Waals surface area contributed by atoms with Crippen molar-refractivity contribution < 1.29 is 9.47 Å². The molecule has 4 heteroatoms. The Kier molecular flexibility index (Phi) is 6.84. The van der Waals surface area contributed by atoms with E-state index in [-0.39, 0.29) is 12.1 Å². The number of nitrogens with one attached hydrogen (secondary N) is 1. The Morgan fingerprint density at radius 2 is 1.95 bits per heavy atom. The fraction of sp³-hybridized carbons (Fsp3) is 0.600. The molecule has 0 amide bonds. The lowest BCUT2D eigenvalue weighted by Gasteiger charge is -2.30. The number of benzene rings is 1. The van der Waals surface area contributed by atoms with Crippen LogP contribution in [0.1, 0.15) is 26.3 Å². The van der Waals surface area contributed by atoms with Crippen LogP contribution in [0.3, 0.4) is 0 Å². The van der Waals surface area contributed by atoms with Gasteiger partial charge in [0.05, 0.1) is 19.3 Å². The molecular formula is C15H26N2O2. The molecule has 4 nitrogen and oxygen atoms in total. The normalized spacial score (nSPS) is 14.4.